The lowest BCUT2D eigenvalue weighted by Gasteiger charge is -2.22. The molecule has 1 saturated carbocycles. The highest BCUT2D eigenvalue weighted by Gasteiger charge is 2.11. The average molecular weight is 353 g/mol. The van der Waals surface area contributed by atoms with Gasteiger partial charge in [0.2, 0.25) is 0 Å². The third-order valence-electron chi connectivity index (χ3n) is 3.31. The Morgan fingerprint density at radius 3 is 2.48 bits per heavy atom. The van der Waals surface area contributed by atoms with Gasteiger partial charge in [0.15, 0.2) is 0 Å². The number of carboxylic acids is 1. The predicted octanol–water partition coefficient (Wildman–Crippen LogP) is 1.96. The minimum absolute atomic E-state index is 0.0509. The van der Waals surface area contributed by atoms with Gasteiger partial charge >= 0.3 is 0 Å². The van der Waals surface area contributed by atoms with Crippen molar-refractivity contribution in [2.45, 2.75) is 44.6 Å². The fraction of sp³-hybridized carbons (Fsp3) is 0.643. The van der Waals surface area contributed by atoms with Crippen LogP contribution in [0.2, 0.25) is 9.36 Å². The molecule has 4 nitrogen and oxygen atoms in total. The summed E-state index contributed by atoms with van der Waals surface area (Å²) in [7, 11) is 0. The number of hydrogen-bond donors (Lipinski definition) is 2. The van der Waals surface area contributed by atoms with E-state index < -0.39 is 5.97 Å². The normalized spacial score (nSPS) is 15.4. The Bertz CT molecular complexity index is 415. The van der Waals surface area contributed by atoms with Crippen LogP contribution >= 0.6 is 34.5 Å². The van der Waals surface area contributed by atoms with E-state index in [0.717, 1.165) is 23.9 Å². The largest absolute Gasteiger partial charge is 0.544 e. The molecule has 4 N–H and O–H groups in total. The Morgan fingerprint density at radius 1 is 1.38 bits per heavy atom. The van der Waals surface area contributed by atoms with Crippen LogP contribution in [0.15, 0.2) is 6.07 Å². The van der Waals surface area contributed by atoms with Gasteiger partial charge < -0.3 is 21.0 Å². The van der Waals surface area contributed by atoms with Crippen molar-refractivity contribution in [3.63, 3.8) is 0 Å². The molecule has 0 saturated heterocycles. The number of quaternary nitrogens is 1. The van der Waals surface area contributed by atoms with Crippen LogP contribution in [0, 0.1) is 0 Å². The van der Waals surface area contributed by atoms with Crippen LogP contribution in [0.3, 0.4) is 0 Å². The van der Waals surface area contributed by atoms with Crippen LogP contribution in [0.1, 0.15) is 48.2 Å². The van der Waals surface area contributed by atoms with E-state index in [9.17, 15) is 9.90 Å². The molecule has 1 fully saturated rings. The Labute approximate surface area is 139 Å². The molecule has 0 bridgehead atoms. The van der Waals surface area contributed by atoms with Gasteiger partial charge in [0, 0.05) is 19.0 Å². The van der Waals surface area contributed by atoms with Gasteiger partial charge in [-0.25, -0.2) is 0 Å². The zero-order valence-corrected chi connectivity index (χ0v) is 14.3. The number of halogens is 2. The van der Waals surface area contributed by atoms with Crippen molar-refractivity contribution < 1.29 is 15.6 Å². The average Bonchev–Trinajstić information content (AvgIpc) is 2.81. The number of carboxylic acid groups (broad SMARTS) is 1. The lowest BCUT2D eigenvalue weighted by molar-refractivity contribution is -0.367. The topological polar surface area (TPSA) is 79.8 Å². The number of aromatic carboxylic acids is 1. The zero-order chi connectivity index (χ0) is 15.7. The van der Waals surface area contributed by atoms with Crippen molar-refractivity contribution in [1.82, 2.24) is 5.32 Å². The molecule has 1 aromatic rings. The van der Waals surface area contributed by atoms with Gasteiger partial charge in [0.05, 0.1) is 22.4 Å². The summed E-state index contributed by atoms with van der Waals surface area (Å²) in [5.74, 6) is -1.25. The molecule has 1 aromatic heterocycles. The minimum atomic E-state index is -1.25. The first-order valence-electron chi connectivity index (χ1n) is 7.23. The van der Waals surface area contributed by atoms with Crippen molar-refractivity contribution in [2.75, 3.05) is 13.1 Å². The Balaban J connectivity index is 0.000000211. The summed E-state index contributed by atoms with van der Waals surface area (Å²) in [6.45, 7) is 2.24. The number of rotatable bonds is 5. The summed E-state index contributed by atoms with van der Waals surface area (Å²) < 4.78 is 0.279. The second-order valence-corrected chi connectivity index (χ2v) is 7.08. The van der Waals surface area contributed by atoms with Gasteiger partial charge in [-0.15, -0.1) is 11.3 Å². The summed E-state index contributed by atoms with van der Waals surface area (Å²) in [5.41, 5.74) is 3.83. The lowest BCUT2D eigenvalue weighted by Crippen LogP contribution is -2.51. The Hall–Kier alpha value is -0.330. The first-order valence-corrected chi connectivity index (χ1v) is 8.80. The third kappa shape index (κ3) is 7.47. The molecular weight excluding hydrogens is 331 g/mol. The molecule has 1 heterocycles. The summed E-state index contributed by atoms with van der Waals surface area (Å²) in [4.78, 5) is 10.2. The van der Waals surface area contributed by atoms with E-state index >= 15 is 0 Å². The third-order valence-corrected chi connectivity index (χ3v) is 5.16. The molecule has 21 heavy (non-hydrogen) atoms. The van der Waals surface area contributed by atoms with Crippen LogP contribution in [-0.2, 0) is 0 Å². The van der Waals surface area contributed by atoms with Crippen LogP contribution in [-0.4, -0.2) is 25.1 Å². The quantitative estimate of drug-likeness (QED) is 0.794. The van der Waals surface area contributed by atoms with E-state index in [4.69, 9.17) is 23.2 Å². The van der Waals surface area contributed by atoms with Crippen molar-refractivity contribution in [3.05, 3.63) is 20.3 Å². The summed E-state index contributed by atoms with van der Waals surface area (Å²) in [6.07, 6.45) is 8.35. The van der Waals surface area contributed by atoms with Crippen LogP contribution in [0.5, 0.6) is 0 Å². The fourth-order valence-corrected chi connectivity index (χ4v) is 3.39. The number of carbonyl (C=O) groups excluding carboxylic acids is 1. The number of nitrogens with one attached hydrogen (secondary N) is 1. The monoisotopic (exact) mass is 352 g/mol. The van der Waals surface area contributed by atoms with E-state index in [2.05, 4.69) is 11.1 Å². The van der Waals surface area contributed by atoms with Crippen LogP contribution < -0.4 is 16.2 Å². The highest BCUT2D eigenvalue weighted by Crippen LogP contribution is 2.30. The molecule has 0 atom stereocenters. The first-order chi connectivity index (χ1) is 10.0. The Kier molecular flexibility index (Phi) is 9.27. The molecule has 1 aliphatic rings. The van der Waals surface area contributed by atoms with E-state index in [-0.39, 0.29) is 14.2 Å². The van der Waals surface area contributed by atoms with Gasteiger partial charge in [0.25, 0.3) is 0 Å². The molecule has 0 unspecified atom stereocenters. The lowest BCUT2D eigenvalue weighted by atomic mass is 9.95. The molecule has 7 heteroatoms. The second-order valence-electron chi connectivity index (χ2n) is 5.02. The molecule has 2 rings (SSSR count). The SMILES string of the molecule is O=C([O-])c1cc(Cl)c(Cl)s1.[NH3+]CCCNC1CCCCC1. The highest BCUT2D eigenvalue weighted by atomic mass is 35.5. The number of thiophene rings is 1. The smallest absolute Gasteiger partial charge is 0.112 e. The van der Waals surface area contributed by atoms with E-state index in [1.807, 2.05) is 0 Å². The molecule has 0 aromatic carbocycles. The summed E-state index contributed by atoms with van der Waals surface area (Å²) in [5, 5.41) is 14.0. The van der Waals surface area contributed by atoms with Crippen LogP contribution in [0.25, 0.3) is 0 Å². The summed E-state index contributed by atoms with van der Waals surface area (Å²) >= 11 is 11.8. The molecular formula is C14H22Cl2N2O2S. The van der Waals surface area contributed by atoms with Gasteiger partial charge in [-0.2, -0.15) is 0 Å². The van der Waals surface area contributed by atoms with Gasteiger partial charge in [0.1, 0.15) is 4.34 Å². The molecule has 0 aliphatic heterocycles. The van der Waals surface area contributed by atoms with E-state index in [1.165, 1.54) is 51.1 Å². The van der Waals surface area contributed by atoms with Crippen LogP contribution in [0.4, 0.5) is 0 Å². The summed E-state index contributed by atoms with van der Waals surface area (Å²) in [6, 6.07) is 2.10. The van der Waals surface area contributed by atoms with Crippen molar-refractivity contribution in [1.29, 1.82) is 0 Å². The van der Waals surface area contributed by atoms with Gasteiger partial charge in [-0.05, 0) is 18.9 Å². The second kappa shape index (κ2) is 10.4. The molecule has 1 aliphatic carbocycles. The Morgan fingerprint density at radius 2 is 2.05 bits per heavy atom. The number of hydrogen-bond acceptors (Lipinski definition) is 4. The minimum Gasteiger partial charge on any atom is -0.544 e. The van der Waals surface area contributed by atoms with Crippen molar-refractivity contribution in [2.24, 2.45) is 0 Å². The molecule has 0 amide bonds. The maximum absolute atomic E-state index is 10.1. The highest BCUT2D eigenvalue weighted by molar-refractivity contribution is 7.18. The van der Waals surface area contributed by atoms with Crippen molar-refractivity contribution >= 4 is 40.5 Å². The fourth-order valence-electron chi connectivity index (χ4n) is 2.19. The predicted molar refractivity (Wildman–Crippen MR) is 85.9 cm³/mol. The van der Waals surface area contributed by atoms with Gasteiger partial charge in [-0.1, -0.05) is 42.5 Å². The standard InChI is InChI=1S/C9H20N2.C5H2Cl2O2S/c10-7-4-8-11-9-5-2-1-3-6-9;6-2-1-3(5(8)9)10-4(2)7/h9,11H,1-8,10H2;1H,(H,8,9). The van der Waals surface area contributed by atoms with E-state index in [0.29, 0.717) is 0 Å². The maximum atomic E-state index is 10.1. The molecule has 0 radical (unpaired) electrons. The molecule has 120 valence electrons. The first kappa shape index (κ1) is 18.7. The van der Waals surface area contributed by atoms with Gasteiger partial charge in [-0.3, -0.25) is 0 Å². The number of carbonyl (C=O) groups is 1. The molecule has 0 spiro atoms. The zero-order valence-electron chi connectivity index (χ0n) is 12.0. The van der Waals surface area contributed by atoms with Crippen molar-refractivity contribution in [3.8, 4) is 0 Å². The maximum Gasteiger partial charge on any atom is 0.112 e. The van der Waals surface area contributed by atoms with E-state index in [1.54, 1.807) is 0 Å².